The summed E-state index contributed by atoms with van der Waals surface area (Å²) in [6.45, 7) is 3.23. The topological polar surface area (TPSA) is 60.9 Å². The molecular formula is C16H19F2N3O3. The fourth-order valence-electron chi connectivity index (χ4n) is 2.56. The van der Waals surface area contributed by atoms with Gasteiger partial charge in [0.15, 0.2) is 11.6 Å². The smallest absolute Gasteiger partial charge is 0.224 e. The third-order valence-electron chi connectivity index (χ3n) is 3.96. The van der Waals surface area contributed by atoms with Crippen molar-refractivity contribution in [3.8, 4) is 0 Å². The Morgan fingerprint density at radius 2 is 1.83 bits per heavy atom. The number of halogens is 2. The van der Waals surface area contributed by atoms with Crippen LogP contribution in [0.4, 0.5) is 14.5 Å². The van der Waals surface area contributed by atoms with Crippen molar-refractivity contribution in [2.24, 2.45) is 0 Å². The van der Waals surface area contributed by atoms with Crippen LogP contribution >= 0.6 is 0 Å². The zero-order valence-corrected chi connectivity index (χ0v) is 13.4. The second-order valence-electron chi connectivity index (χ2n) is 5.54. The molecule has 0 radical (unpaired) electrons. The number of anilines is 1. The Kier molecular flexibility index (Phi) is 5.83. The zero-order chi connectivity index (χ0) is 17.7. The Balaban J connectivity index is 1.96. The van der Waals surface area contributed by atoms with Crippen molar-refractivity contribution in [2.45, 2.75) is 13.3 Å². The lowest BCUT2D eigenvalue weighted by molar-refractivity contribution is -0.135. The second-order valence-corrected chi connectivity index (χ2v) is 5.54. The number of nitrogens with zero attached hydrogens (tertiary/aromatic N) is 3. The molecule has 130 valence electrons. The van der Waals surface area contributed by atoms with Crippen LogP contribution in [-0.4, -0.2) is 60.7 Å². The summed E-state index contributed by atoms with van der Waals surface area (Å²) >= 11 is 0. The molecule has 0 N–H and O–H groups in total. The summed E-state index contributed by atoms with van der Waals surface area (Å²) in [5.41, 5.74) is 0.208. The van der Waals surface area contributed by atoms with Crippen LogP contribution in [0.1, 0.15) is 13.3 Å². The number of benzene rings is 1. The van der Waals surface area contributed by atoms with E-state index in [1.807, 2.05) is 0 Å². The van der Waals surface area contributed by atoms with Gasteiger partial charge in [0.2, 0.25) is 18.2 Å². The maximum Gasteiger partial charge on any atom is 0.224 e. The van der Waals surface area contributed by atoms with E-state index in [-0.39, 0.29) is 30.5 Å². The fourth-order valence-corrected chi connectivity index (χ4v) is 2.56. The van der Waals surface area contributed by atoms with E-state index in [4.69, 9.17) is 0 Å². The van der Waals surface area contributed by atoms with Crippen LogP contribution in [0.5, 0.6) is 0 Å². The Morgan fingerprint density at radius 1 is 1.17 bits per heavy atom. The molecule has 1 fully saturated rings. The SMILES string of the molecule is CC(=O)N(CCC(=O)N1CCN(C=O)CC1)c1ccc(F)c(F)c1. The average molecular weight is 339 g/mol. The van der Waals surface area contributed by atoms with E-state index < -0.39 is 11.6 Å². The van der Waals surface area contributed by atoms with E-state index in [2.05, 4.69) is 0 Å². The third-order valence-corrected chi connectivity index (χ3v) is 3.96. The lowest BCUT2D eigenvalue weighted by Crippen LogP contribution is -2.48. The van der Waals surface area contributed by atoms with Crippen molar-refractivity contribution in [1.29, 1.82) is 0 Å². The molecule has 0 aliphatic carbocycles. The van der Waals surface area contributed by atoms with Gasteiger partial charge in [0, 0.05) is 57.8 Å². The number of amides is 3. The van der Waals surface area contributed by atoms with Crippen LogP contribution < -0.4 is 4.90 Å². The van der Waals surface area contributed by atoms with Crippen LogP contribution in [0, 0.1) is 11.6 Å². The number of carbonyl (C=O) groups excluding carboxylic acids is 3. The Morgan fingerprint density at radius 3 is 2.38 bits per heavy atom. The maximum absolute atomic E-state index is 13.3. The number of hydrogen-bond donors (Lipinski definition) is 0. The van der Waals surface area contributed by atoms with Gasteiger partial charge in [0.25, 0.3) is 0 Å². The van der Waals surface area contributed by atoms with Gasteiger partial charge in [0.05, 0.1) is 0 Å². The number of piperazine rings is 1. The normalized spacial score (nSPS) is 14.5. The Hall–Kier alpha value is -2.51. The molecular weight excluding hydrogens is 320 g/mol. The quantitative estimate of drug-likeness (QED) is 0.752. The highest BCUT2D eigenvalue weighted by atomic mass is 19.2. The van der Waals surface area contributed by atoms with Crippen LogP contribution in [0.15, 0.2) is 18.2 Å². The van der Waals surface area contributed by atoms with E-state index >= 15 is 0 Å². The van der Waals surface area contributed by atoms with Gasteiger partial charge in [-0.3, -0.25) is 14.4 Å². The van der Waals surface area contributed by atoms with Gasteiger partial charge in [-0.15, -0.1) is 0 Å². The van der Waals surface area contributed by atoms with Crippen molar-refractivity contribution in [2.75, 3.05) is 37.6 Å². The van der Waals surface area contributed by atoms with Gasteiger partial charge in [-0.25, -0.2) is 8.78 Å². The highest BCUT2D eigenvalue weighted by Crippen LogP contribution is 2.19. The molecule has 1 aliphatic heterocycles. The van der Waals surface area contributed by atoms with Gasteiger partial charge in [-0.1, -0.05) is 0 Å². The predicted octanol–water partition coefficient (Wildman–Crippen LogP) is 1.01. The van der Waals surface area contributed by atoms with Crippen molar-refractivity contribution >= 4 is 23.9 Å². The first-order valence-corrected chi connectivity index (χ1v) is 7.62. The average Bonchev–Trinajstić information content (AvgIpc) is 2.57. The van der Waals surface area contributed by atoms with E-state index in [0.29, 0.717) is 26.2 Å². The lowest BCUT2D eigenvalue weighted by Gasteiger charge is -2.33. The van der Waals surface area contributed by atoms with Crippen LogP contribution in [0.3, 0.4) is 0 Å². The van der Waals surface area contributed by atoms with E-state index in [0.717, 1.165) is 18.5 Å². The summed E-state index contributed by atoms with van der Waals surface area (Å²) < 4.78 is 26.4. The molecule has 1 aromatic rings. The number of hydrogen-bond acceptors (Lipinski definition) is 3. The summed E-state index contributed by atoms with van der Waals surface area (Å²) in [5.74, 6) is -2.55. The van der Waals surface area contributed by atoms with Crippen molar-refractivity contribution < 1.29 is 23.2 Å². The van der Waals surface area contributed by atoms with Crippen LogP contribution in [0.25, 0.3) is 0 Å². The first-order chi connectivity index (χ1) is 11.4. The second kappa shape index (κ2) is 7.85. The first kappa shape index (κ1) is 17.8. The molecule has 0 aromatic heterocycles. The highest BCUT2D eigenvalue weighted by molar-refractivity contribution is 5.92. The zero-order valence-electron chi connectivity index (χ0n) is 13.4. The summed E-state index contributed by atoms with van der Waals surface area (Å²) in [6.07, 6.45) is 0.821. The predicted molar refractivity (Wildman–Crippen MR) is 83.2 cm³/mol. The fraction of sp³-hybridized carbons (Fsp3) is 0.438. The molecule has 1 heterocycles. The van der Waals surface area contributed by atoms with Gasteiger partial charge >= 0.3 is 0 Å². The standard InChI is InChI=1S/C16H19F2N3O3/c1-12(23)21(13-2-3-14(17)15(18)10-13)5-4-16(24)20-8-6-19(11-22)7-9-20/h2-3,10-11H,4-9H2,1H3. The number of rotatable bonds is 5. The molecule has 1 saturated heterocycles. The Labute approximate surface area is 138 Å². The molecule has 0 unspecified atom stereocenters. The van der Waals surface area contributed by atoms with Crippen molar-refractivity contribution in [1.82, 2.24) is 9.80 Å². The Bertz CT molecular complexity index is 631. The third kappa shape index (κ3) is 4.27. The van der Waals surface area contributed by atoms with E-state index in [9.17, 15) is 23.2 Å². The van der Waals surface area contributed by atoms with Crippen LogP contribution in [0.2, 0.25) is 0 Å². The minimum atomic E-state index is -1.05. The number of carbonyl (C=O) groups is 3. The molecule has 0 spiro atoms. The van der Waals surface area contributed by atoms with E-state index in [1.165, 1.54) is 17.9 Å². The van der Waals surface area contributed by atoms with Gasteiger partial charge < -0.3 is 14.7 Å². The van der Waals surface area contributed by atoms with Gasteiger partial charge in [-0.2, -0.15) is 0 Å². The van der Waals surface area contributed by atoms with Crippen molar-refractivity contribution in [3.05, 3.63) is 29.8 Å². The molecule has 0 saturated carbocycles. The molecule has 0 bridgehead atoms. The molecule has 1 aliphatic rings. The summed E-state index contributed by atoms with van der Waals surface area (Å²) in [6, 6.07) is 3.18. The minimum Gasteiger partial charge on any atom is -0.342 e. The molecule has 3 amide bonds. The summed E-state index contributed by atoms with van der Waals surface area (Å²) in [4.78, 5) is 39.1. The molecule has 2 rings (SSSR count). The summed E-state index contributed by atoms with van der Waals surface area (Å²) in [5, 5.41) is 0. The van der Waals surface area contributed by atoms with Crippen LogP contribution in [-0.2, 0) is 14.4 Å². The largest absolute Gasteiger partial charge is 0.342 e. The monoisotopic (exact) mass is 339 g/mol. The molecule has 8 heteroatoms. The molecule has 24 heavy (non-hydrogen) atoms. The first-order valence-electron chi connectivity index (χ1n) is 7.62. The minimum absolute atomic E-state index is 0.0691. The summed E-state index contributed by atoms with van der Waals surface area (Å²) in [7, 11) is 0. The molecule has 1 aromatic carbocycles. The van der Waals surface area contributed by atoms with E-state index in [1.54, 1.807) is 9.80 Å². The van der Waals surface area contributed by atoms with Gasteiger partial charge in [0.1, 0.15) is 0 Å². The van der Waals surface area contributed by atoms with Gasteiger partial charge in [-0.05, 0) is 12.1 Å². The molecule has 6 nitrogen and oxygen atoms in total. The maximum atomic E-state index is 13.3. The highest BCUT2D eigenvalue weighted by Gasteiger charge is 2.22. The van der Waals surface area contributed by atoms with Crippen molar-refractivity contribution in [3.63, 3.8) is 0 Å². The molecule has 0 atom stereocenters. The lowest BCUT2D eigenvalue weighted by atomic mass is 10.2.